The zero-order valence-corrected chi connectivity index (χ0v) is 11.0. The Kier molecular flexibility index (Phi) is 4.19. The molecule has 0 spiro atoms. The van der Waals surface area contributed by atoms with Crippen molar-refractivity contribution in [2.45, 2.75) is 18.7 Å². The maximum Gasteiger partial charge on any atom is 0.304 e. The van der Waals surface area contributed by atoms with Gasteiger partial charge in [0.1, 0.15) is 0 Å². The molecule has 0 aromatic heterocycles. The van der Waals surface area contributed by atoms with Gasteiger partial charge >= 0.3 is 5.69 Å². The highest BCUT2D eigenvalue weighted by Gasteiger charge is 2.18. The minimum Gasteiger partial charge on any atom is -0.297 e. The number of benzene rings is 1. The monoisotopic (exact) mass is 270 g/mol. The van der Waals surface area contributed by atoms with Gasteiger partial charge in [-0.3, -0.25) is 15.0 Å². The van der Waals surface area contributed by atoms with E-state index in [9.17, 15) is 14.5 Å². The van der Waals surface area contributed by atoms with Crippen LogP contribution in [0.15, 0.2) is 18.2 Å². The number of nitrogens with zero attached hydrogens (tertiary/aromatic N) is 2. The number of thioether (sulfide) groups is 1. The molecule has 0 amide bonds. The third kappa shape index (κ3) is 3.20. The normalized spacial score (nSPS) is 20.9. The van der Waals surface area contributed by atoms with Crippen LogP contribution in [0.4, 0.5) is 10.1 Å². The molecule has 1 aliphatic heterocycles. The minimum atomic E-state index is -0.753. The van der Waals surface area contributed by atoms with Crippen molar-refractivity contribution in [2.24, 2.45) is 0 Å². The van der Waals surface area contributed by atoms with Crippen LogP contribution in [-0.4, -0.2) is 33.9 Å². The van der Waals surface area contributed by atoms with Crippen LogP contribution < -0.4 is 0 Å². The van der Waals surface area contributed by atoms with Gasteiger partial charge in [-0.15, -0.1) is 0 Å². The Hall–Kier alpha value is -1.14. The number of nitro benzene ring substituents is 1. The van der Waals surface area contributed by atoms with E-state index in [4.69, 9.17) is 0 Å². The molecule has 0 N–H and O–H groups in total. The molecule has 6 heteroatoms. The van der Waals surface area contributed by atoms with E-state index in [-0.39, 0.29) is 0 Å². The number of hydrogen-bond acceptors (Lipinski definition) is 4. The van der Waals surface area contributed by atoms with E-state index < -0.39 is 16.4 Å². The molecule has 18 heavy (non-hydrogen) atoms. The zero-order chi connectivity index (χ0) is 13.1. The number of halogens is 1. The highest BCUT2D eigenvalue weighted by Crippen LogP contribution is 2.22. The lowest BCUT2D eigenvalue weighted by molar-refractivity contribution is -0.387. The van der Waals surface area contributed by atoms with Crippen molar-refractivity contribution in [3.8, 4) is 0 Å². The molecule has 1 unspecified atom stereocenters. The summed E-state index contributed by atoms with van der Waals surface area (Å²) in [6, 6.07) is 4.14. The average Bonchev–Trinajstić information content (AvgIpc) is 2.28. The second-order valence-corrected chi connectivity index (χ2v) is 6.01. The van der Waals surface area contributed by atoms with Crippen molar-refractivity contribution in [1.82, 2.24) is 4.90 Å². The smallest absolute Gasteiger partial charge is 0.297 e. The summed E-state index contributed by atoms with van der Waals surface area (Å²) in [6.07, 6.45) is 0. The first-order valence-corrected chi connectivity index (χ1v) is 6.88. The van der Waals surface area contributed by atoms with E-state index in [2.05, 4.69) is 11.8 Å². The quantitative estimate of drug-likeness (QED) is 0.626. The van der Waals surface area contributed by atoms with Gasteiger partial charge in [0, 0.05) is 36.7 Å². The molecule has 98 valence electrons. The van der Waals surface area contributed by atoms with Crippen LogP contribution in [0.1, 0.15) is 12.5 Å². The largest absolute Gasteiger partial charge is 0.304 e. The summed E-state index contributed by atoms with van der Waals surface area (Å²) in [4.78, 5) is 12.1. The molecule has 1 fully saturated rings. The van der Waals surface area contributed by atoms with E-state index in [1.54, 1.807) is 6.07 Å². The zero-order valence-electron chi connectivity index (χ0n) is 10.1. The summed E-state index contributed by atoms with van der Waals surface area (Å²) >= 11 is 1.94. The Morgan fingerprint density at radius 3 is 3.00 bits per heavy atom. The van der Waals surface area contributed by atoms with Crippen molar-refractivity contribution < 1.29 is 9.31 Å². The molecule has 4 nitrogen and oxygen atoms in total. The van der Waals surface area contributed by atoms with Crippen LogP contribution in [0.5, 0.6) is 0 Å². The van der Waals surface area contributed by atoms with Crippen molar-refractivity contribution in [2.75, 3.05) is 18.8 Å². The molecule has 0 radical (unpaired) electrons. The first kappa shape index (κ1) is 13.3. The molecule has 1 aromatic carbocycles. The van der Waals surface area contributed by atoms with Gasteiger partial charge in [-0.25, -0.2) is 0 Å². The number of hydrogen-bond donors (Lipinski definition) is 0. The molecular weight excluding hydrogens is 255 g/mol. The molecule has 1 heterocycles. The molecular formula is C12H15FN2O2S. The van der Waals surface area contributed by atoms with Gasteiger partial charge < -0.3 is 0 Å². The summed E-state index contributed by atoms with van der Waals surface area (Å²) < 4.78 is 13.5. The predicted octanol–water partition coefficient (Wildman–Crippen LogP) is 2.67. The average molecular weight is 270 g/mol. The van der Waals surface area contributed by atoms with E-state index in [0.29, 0.717) is 11.8 Å². The summed E-state index contributed by atoms with van der Waals surface area (Å²) in [5.74, 6) is 0.327. The fourth-order valence-corrected chi connectivity index (χ4v) is 3.17. The summed E-state index contributed by atoms with van der Waals surface area (Å²) in [5, 5.41) is 11.1. The molecule has 0 bridgehead atoms. The van der Waals surface area contributed by atoms with Crippen LogP contribution in [0.3, 0.4) is 0 Å². The highest BCUT2D eigenvalue weighted by molar-refractivity contribution is 7.99. The third-order valence-electron chi connectivity index (χ3n) is 2.94. The van der Waals surface area contributed by atoms with Gasteiger partial charge in [-0.2, -0.15) is 16.2 Å². The number of rotatable bonds is 3. The fourth-order valence-electron chi connectivity index (χ4n) is 2.09. The highest BCUT2D eigenvalue weighted by atomic mass is 32.2. The van der Waals surface area contributed by atoms with Crippen molar-refractivity contribution in [3.05, 3.63) is 39.7 Å². The van der Waals surface area contributed by atoms with Crippen LogP contribution in [0.2, 0.25) is 0 Å². The number of nitro groups is 1. The Morgan fingerprint density at radius 2 is 2.39 bits per heavy atom. The molecule has 1 atom stereocenters. The van der Waals surface area contributed by atoms with Crippen LogP contribution in [0.25, 0.3) is 0 Å². The SMILES string of the molecule is CC1CN(Cc2ccc([N+](=O)[O-])c(F)c2)CCS1. The fraction of sp³-hybridized carbons (Fsp3) is 0.500. The third-order valence-corrected chi connectivity index (χ3v) is 4.08. The molecule has 1 saturated heterocycles. The second kappa shape index (κ2) is 5.67. The van der Waals surface area contributed by atoms with Crippen molar-refractivity contribution in [3.63, 3.8) is 0 Å². The lowest BCUT2D eigenvalue weighted by Crippen LogP contribution is -2.36. The molecule has 1 aromatic rings. The van der Waals surface area contributed by atoms with Crippen molar-refractivity contribution >= 4 is 17.4 Å². The summed E-state index contributed by atoms with van der Waals surface area (Å²) in [5.41, 5.74) is 0.332. The van der Waals surface area contributed by atoms with E-state index >= 15 is 0 Å². The summed E-state index contributed by atoms with van der Waals surface area (Å²) in [7, 11) is 0. The van der Waals surface area contributed by atoms with Gasteiger partial charge in [0.2, 0.25) is 5.82 Å². The Morgan fingerprint density at radius 1 is 1.61 bits per heavy atom. The standard InChI is InChI=1S/C12H15FN2O2S/c1-9-7-14(4-5-18-9)8-10-2-3-12(15(16)17)11(13)6-10/h2-3,6,9H,4-5,7-8H2,1H3. The van der Waals surface area contributed by atoms with Gasteiger partial charge in [-0.1, -0.05) is 13.0 Å². The van der Waals surface area contributed by atoms with Crippen LogP contribution in [-0.2, 0) is 6.54 Å². The lowest BCUT2D eigenvalue weighted by atomic mass is 10.2. The van der Waals surface area contributed by atoms with Gasteiger partial charge in [0.25, 0.3) is 0 Å². The van der Waals surface area contributed by atoms with Gasteiger partial charge in [-0.05, 0) is 11.6 Å². The summed E-state index contributed by atoms with van der Waals surface area (Å²) in [6.45, 7) is 4.78. The predicted molar refractivity (Wildman–Crippen MR) is 70.3 cm³/mol. The van der Waals surface area contributed by atoms with E-state index in [1.807, 2.05) is 11.8 Å². The second-order valence-electron chi connectivity index (χ2n) is 4.46. The van der Waals surface area contributed by atoms with Gasteiger partial charge in [0.05, 0.1) is 4.92 Å². The Bertz CT molecular complexity index is 456. The van der Waals surface area contributed by atoms with Crippen molar-refractivity contribution in [1.29, 1.82) is 0 Å². The Balaban J connectivity index is 2.05. The maximum absolute atomic E-state index is 13.5. The first-order chi connectivity index (χ1) is 8.56. The first-order valence-electron chi connectivity index (χ1n) is 5.83. The maximum atomic E-state index is 13.5. The Labute approximate surface area is 109 Å². The van der Waals surface area contributed by atoms with Gasteiger partial charge in [0.15, 0.2) is 0 Å². The minimum absolute atomic E-state index is 0.457. The molecule has 1 aliphatic rings. The van der Waals surface area contributed by atoms with Crippen LogP contribution in [0, 0.1) is 15.9 Å². The lowest BCUT2D eigenvalue weighted by Gasteiger charge is -2.30. The topological polar surface area (TPSA) is 46.4 Å². The molecule has 2 rings (SSSR count). The molecule has 0 aliphatic carbocycles. The van der Waals surface area contributed by atoms with E-state index in [1.165, 1.54) is 12.1 Å². The molecule has 0 saturated carbocycles. The van der Waals surface area contributed by atoms with Crippen LogP contribution >= 0.6 is 11.8 Å². The van der Waals surface area contributed by atoms with E-state index in [0.717, 1.165) is 24.4 Å².